The van der Waals surface area contributed by atoms with Crippen LogP contribution in [0.5, 0.6) is 0 Å². The van der Waals surface area contributed by atoms with E-state index in [1.165, 1.54) is 212 Å². The number of hydrogen-bond acceptors (Lipinski definition) is 3. The topological polar surface area (TPSA) is 69.6 Å². The highest BCUT2D eigenvalue weighted by atomic mass is 16.3. The Morgan fingerprint density at radius 1 is 0.352 bits per heavy atom. The number of amides is 1. The van der Waals surface area contributed by atoms with Crippen molar-refractivity contribution in [1.82, 2.24) is 5.32 Å². The molecular weight excluding hydrogens is 867 g/mol. The van der Waals surface area contributed by atoms with Crippen molar-refractivity contribution < 1.29 is 15.0 Å². The standard InChI is InChI=1S/C67H119NO3/c1-3-5-7-9-11-13-15-17-19-21-23-24-25-26-27-28-29-30-31-32-33-34-35-36-37-38-39-40-41-42-43-44-45-47-49-51-53-55-57-59-61-63-67(71)68-65(64-69)66(70)62-60-58-56-54-52-50-48-46-22-20-18-16-14-12-10-8-6-4-2/h5,7,11,13,17,19,23-24,26-27,29-30,32-33,60,62,65-66,69-70H,3-4,6,8-10,12,14-16,18,20-22,25,28,31,34-59,61,63-64H2,1-2H3,(H,68,71)/b7-5-,13-11-,19-17-,24-23-,27-26-,30-29-,33-32-,62-60+. The van der Waals surface area contributed by atoms with Crippen LogP contribution in [0.2, 0.25) is 0 Å². The Kier molecular flexibility index (Phi) is 59.3. The average Bonchev–Trinajstić information content (AvgIpc) is 3.37. The van der Waals surface area contributed by atoms with Crippen molar-refractivity contribution in [2.75, 3.05) is 6.61 Å². The summed E-state index contributed by atoms with van der Waals surface area (Å²) in [5.74, 6) is -0.0620. The van der Waals surface area contributed by atoms with E-state index in [0.29, 0.717) is 6.42 Å². The second-order valence-electron chi connectivity index (χ2n) is 20.7. The van der Waals surface area contributed by atoms with Gasteiger partial charge in [0.05, 0.1) is 18.8 Å². The number of rotatable bonds is 56. The first-order valence-corrected chi connectivity index (χ1v) is 31.0. The van der Waals surface area contributed by atoms with E-state index in [-0.39, 0.29) is 12.5 Å². The van der Waals surface area contributed by atoms with E-state index in [1.807, 2.05) is 6.08 Å². The van der Waals surface area contributed by atoms with Crippen LogP contribution in [0.3, 0.4) is 0 Å². The van der Waals surface area contributed by atoms with Gasteiger partial charge in [-0.2, -0.15) is 0 Å². The lowest BCUT2D eigenvalue weighted by atomic mass is 10.0. The summed E-state index contributed by atoms with van der Waals surface area (Å²) in [5.41, 5.74) is 0. The third kappa shape index (κ3) is 58.1. The number of carbonyl (C=O) groups excluding carboxylic acids is 1. The van der Waals surface area contributed by atoms with Gasteiger partial charge in [0.1, 0.15) is 0 Å². The zero-order valence-corrected chi connectivity index (χ0v) is 47.2. The van der Waals surface area contributed by atoms with Crippen LogP contribution < -0.4 is 5.32 Å². The van der Waals surface area contributed by atoms with Gasteiger partial charge >= 0.3 is 0 Å². The zero-order chi connectivity index (χ0) is 51.3. The van der Waals surface area contributed by atoms with Gasteiger partial charge in [-0.3, -0.25) is 4.79 Å². The molecule has 0 aliphatic rings. The molecule has 0 aromatic carbocycles. The number of unbranched alkanes of at least 4 members (excludes halogenated alkanes) is 35. The quantitative estimate of drug-likeness (QED) is 0.0420. The molecule has 2 atom stereocenters. The van der Waals surface area contributed by atoms with E-state index in [9.17, 15) is 15.0 Å². The monoisotopic (exact) mass is 986 g/mol. The zero-order valence-electron chi connectivity index (χ0n) is 47.2. The highest BCUT2D eigenvalue weighted by Gasteiger charge is 2.18. The fourth-order valence-corrected chi connectivity index (χ4v) is 9.16. The molecule has 4 heteroatoms. The van der Waals surface area contributed by atoms with Crippen LogP contribution in [0, 0.1) is 0 Å². The molecule has 0 aromatic rings. The third-order valence-corrected chi connectivity index (χ3v) is 13.8. The largest absolute Gasteiger partial charge is 0.394 e. The molecule has 0 aliphatic carbocycles. The molecule has 0 bridgehead atoms. The number of allylic oxidation sites excluding steroid dienone is 15. The summed E-state index contributed by atoms with van der Waals surface area (Å²) >= 11 is 0. The lowest BCUT2D eigenvalue weighted by molar-refractivity contribution is -0.123. The molecule has 1 amide bonds. The summed E-state index contributed by atoms with van der Waals surface area (Å²) in [6.07, 6.45) is 91.6. The van der Waals surface area contributed by atoms with Crippen LogP contribution in [0.25, 0.3) is 0 Å². The van der Waals surface area contributed by atoms with Gasteiger partial charge in [0.15, 0.2) is 0 Å². The summed E-state index contributed by atoms with van der Waals surface area (Å²) in [7, 11) is 0. The highest BCUT2D eigenvalue weighted by molar-refractivity contribution is 5.76. The predicted octanol–water partition coefficient (Wildman–Crippen LogP) is 20.9. The van der Waals surface area contributed by atoms with Gasteiger partial charge in [-0.25, -0.2) is 0 Å². The minimum atomic E-state index is -0.842. The van der Waals surface area contributed by atoms with Gasteiger partial charge in [-0.1, -0.05) is 317 Å². The fourth-order valence-electron chi connectivity index (χ4n) is 9.16. The van der Waals surface area contributed by atoms with Crippen molar-refractivity contribution in [2.24, 2.45) is 0 Å². The van der Waals surface area contributed by atoms with E-state index in [0.717, 1.165) is 70.6 Å². The number of aliphatic hydroxyl groups is 2. The molecule has 0 rings (SSSR count). The summed E-state index contributed by atoms with van der Waals surface area (Å²) < 4.78 is 0. The Labute approximate surface area is 443 Å². The Morgan fingerprint density at radius 2 is 0.620 bits per heavy atom. The summed E-state index contributed by atoms with van der Waals surface area (Å²) in [6, 6.07) is -0.625. The molecule has 0 radical (unpaired) electrons. The molecule has 0 aliphatic heterocycles. The van der Waals surface area contributed by atoms with E-state index >= 15 is 0 Å². The summed E-state index contributed by atoms with van der Waals surface area (Å²) in [4.78, 5) is 12.5. The Balaban J connectivity index is 3.48. The summed E-state index contributed by atoms with van der Waals surface area (Å²) in [6.45, 7) is 4.21. The molecule has 4 nitrogen and oxygen atoms in total. The van der Waals surface area contributed by atoms with Gasteiger partial charge in [0.25, 0.3) is 0 Å². The van der Waals surface area contributed by atoms with Crippen molar-refractivity contribution in [3.63, 3.8) is 0 Å². The molecule has 71 heavy (non-hydrogen) atoms. The maximum Gasteiger partial charge on any atom is 0.220 e. The molecule has 0 heterocycles. The molecule has 0 saturated carbocycles. The van der Waals surface area contributed by atoms with E-state index in [2.05, 4.69) is 104 Å². The fraction of sp³-hybridized carbons (Fsp3) is 0.746. The first kappa shape index (κ1) is 68.3. The minimum Gasteiger partial charge on any atom is -0.394 e. The molecule has 0 fully saturated rings. The maximum absolute atomic E-state index is 12.5. The smallest absolute Gasteiger partial charge is 0.220 e. The molecule has 2 unspecified atom stereocenters. The van der Waals surface area contributed by atoms with Crippen LogP contribution in [-0.4, -0.2) is 34.9 Å². The average molecular weight is 987 g/mol. The third-order valence-electron chi connectivity index (χ3n) is 13.8. The number of nitrogens with one attached hydrogen (secondary N) is 1. The van der Waals surface area contributed by atoms with Crippen LogP contribution in [-0.2, 0) is 4.79 Å². The normalized spacial score (nSPS) is 13.5. The summed E-state index contributed by atoms with van der Waals surface area (Å²) in [5, 5.41) is 23.2. The van der Waals surface area contributed by atoms with Gasteiger partial charge < -0.3 is 15.5 Å². The Morgan fingerprint density at radius 3 is 0.930 bits per heavy atom. The molecule has 0 spiro atoms. The van der Waals surface area contributed by atoms with Crippen molar-refractivity contribution in [2.45, 2.75) is 315 Å². The molecule has 0 aromatic heterocycles. The van der Waals surface area contributed by atoms with Crippen LogP contribution in [0.1, 0.15) is 303 Å². The van der Waals surface area contributed by atoms with E-state index in [4.69, 9.17) is 0 Å². The molecule has 0 saturated heterocycles. The lowest BCUT2D eigenvalue weighted by Crippen LogP contribution is -2.45. The predicted molar refractivity (Wildman–Crippen MR) is 317 cm³/mol. The number of aliphatic hydroxyl groups excluding tert-OH is 2. The molecular formula is C67H119NO3. The highest BCUT2D eigenvalue weighted by Crippen LogP contribution is 2.17. The van der Waals surface area contributed by atoms with Gasteiger partial charge in [0.2, 0.25) is 5.91 Å². The van der Waals surface area contributed by atoms with Gasteiger partial charge in [-0.15, -0.1) is 0 Å². The van der Waals surface area contributed by atoms with Gasteiger partial charge in [-0.05, 0) is 77.0 Å². The number of carbonyl (C=O) groups is 1. The van der Waals surface area contributed by atoms with Crippen molar-refractivity contribution in [3.05, 3.63) is 97.2 Å². The SMILES string of the molecule is CC/C=C\C/C=C\C/C=C\C/C=C\C/C=C\C/C=C\C/C=C\CCCCCCCCCCCCCCCCCCCCCC(=O)NC(CO)C(O)/C=C/CCCCCCCCCCCCCCCCCC. The van der Waals surface area contributed by atoms with Crippen molar-refractivity contribution >= 4 is 5.91 Å². The van der Waals surface area contributed by atoms with Gasteiger partial charge in [0, 0.05) is 6.42 Å². The minimum absolute atomic E-state index is 0.0620. The van der Waals surface area contributed by atoms with Crippen LogP contribution in [0.15, 0.2) is 97.2 Å². The molecule has 3 N–H and O–H groups in total. The van der Waals surface area contributed by atoms with Crippen molar-refractivity contribution in [1.29, 1.82) is 0 Å². The second-order valence-corrected chi connectivity index (χ2v) is 20.7. The van der Waals surface area contributed by atoms with E-state index in [1.54, 1.807) is 6.08 Å². The first-order chi connectivity index (χ1) is 35.2. The first-order valence-electron chi connectivity index (χ1n) is 31.0. The Bertz CT molecular complexity index is 1300. The van der Waals surface area contributed by atoms with Crippen LogP contribution in [0.4, 0.5) is 0 Å². The second kappa shape index (κ2) is 61.6. The number of hydrogen-bond donors (Lipinski definition) is 3. The lowest BCUT2D eigenvalue weighted by Gasteiger charge is -2.20. The van der Waals surface area contributed by atoms with Crippen molar-refractivity contribution in [3.8, 4) is 0 Å². The Hall–Kier alpha value is -2.69. The van der Waals surface area contributed by atoms with Crippen LogP contribution >= 0.6 is 0 Å². The van der Waals surface area contributed by atoms with E-state index < -0.39 is 12.1 Å². The molecule has 410 valence electrons. The maximum atomic E-state index is 12.5.